The fourth-order valence-corrected chi connectivity index (χ4v) is 3.65. The van der Waals surface area contributed by atoms with Crippen molar-refractivity contribution in [3.8, 4) is 5.75 Å². The zero-order valence-electron chi connectivity index (χ0n) is 14.0. The highest BCUT2D eigenvalue weighted by Gasteiger charge is 2.15. The van der Waals surface area contributed by atoms with Crippen molar-refractivity contribution >= 4 is 27.4 Å². The van der Waals surface area contributed by atoms with E-state index in [0.717, 1.165) is 22.9 Å². The third-order valence-electron chi connectivity index (χ3n) is 3.96. The van der Waals surface area contributed by atoms with E-state index in [1.54, 1.807) is 17.7 Å². The van der Waals surface area contributed by atoms with Gasteiger partial charge < -0.3 is 9.64 Å². The van der Waals surface area contributed by atoms with Crippen molar-refractivity contribution in [3.63, 3.8) is 0 Å². The van der Waals surface area contributed by atoms with Crippen LogP contribution in [-0.4, -0.2) is 23.6 Å². The molecule has 4 nitrogen and oxygen atoms in total. The Morgan fingerprint density at radius 2 is 1.87 bits per heavy atom. The van der Waals surface area contributed by atoms with Gasteiger partial charge in [0.2, 0.25) is 0 Å². The van der Waals surface area contributed by atoms with E-state index in [9.17, 15) is 0 Å². The fraction of sp³-hybridized carbons (Fsp3) is 0.333. The predicted molar refractivity (Wildman–Crippen MR) is 96.6 cm³/mol. The summed E-state index contributed by atoms with van der Waals surface area (Å²) in [7, 11) is 2.07. The van der Waals surface area contributed by atoms with Crippen molar-refractivity contribution in [3.05, 3.63) is 46.6 Å². The first-order chi connectivity index (χ1) is 11.1. The van der Waals surface area contributed by atoms with Crippen molar-refractivity contribution in [2.75, 3.05) is 18.6 Å². The van der Waals surface area contributed by atoms with E-state index in [1.165, 1.54) is 21.4 Å². The summed E-state index contributed by atoms with van der Waals surface area (Å²) in [5.41, 5.74) is 2.51. The van der Waals surface area contributed by atoms with Gasteiger partial charge in [-0.3, -0.25) is 0 Å². The number of ether oxygens (including phenoxy) is 1. The molecule has 0 aliphatic carbocycles. The molecular formula is C18H21N3OS. The number of hydrogen-bond acceptors (Lipinski definition) is 5. The standard InChI is InChI=1S/C18H21N3OS/c1-5-22-15-8-6-14(7-9-15)10-21(4)17-16-12(2)13(3)23-18(16)20-11-19-17/h6-9,11H,5,10H2,1-4H3. The third kappa shape index (κ3) is 3.15. The summed E-state index contributed by atoms with van der Waals surface area (Å²) < 4.78 is 5.49. The first-order valence-corrected chi connectivity index (χ1v) is 8.55. The highest BCUT2D eigenvalue weighted by molar-refractivity contribution is 7.18. The van der Waals surface area contributed by atoms with Crippen LogP contribution in [0.15, 0.2) is 30.6 Å². The SMILES string of the molecule is CCOc1ccc(CN(C)c2ncnc3sc(C)c(C)c23)cc1. The summed E-state index contributed by atoms with van der Waals surface area (Å²) in [5, 5.41) is 1.17. The second-order valence-corrected chi connectivity index (χ2v) is 6.80. The van der Waals surface area contributed by atoms with Crippen LogP contribution in [-0.2, 0) is 6.54 Å². The van der Waals surface area contributed by atoms with Gasteiger partial charge in [-0.05, 0) is 44.0 Å². The normalized spacial score (nSPS) is 11.0. The van der Waals surface area contributed by atoms with Gasteiger partial charge in [-0.2, -0.15) is 0 Å². The smallest absolute Gasteiger partial charge is 0.141 e. The lowest BCUT2D eigenvalue weighted by Gasteiger charge is -2.19. The lowest BCUT2D eigenvalue weighted by atomic mass is 10.2. The van der Waals surface area contributed by atoms with Gasteiger partial charge in [0, 0.05) is 18.5 Å². The number of hydrogen-bond donors (Lipinski definition) is 0. The first-order valence-electron chi connectivity index (χ1n) is 7.73. The molecule has 0 N–H and O–H groups in total. The second-order valence-electron chi connectivity index (χ2n) is 5.59. The molecule has 0 saturated carbocycles. The van der Waals surface area contributed by atoms with E-state index in [2.05, 4.69) is 47.9 Å². The molecule has 120 valence electrons. The third-order valence-corrected chi connectivity index (χ3v) is 5.08. The Morgan fingerprint density at radius 3 is 2.57 bits per heavy atom. The van der Waals surface area contributed by atoms with Crippen LogP contribution in [0.4, 0.5) is 5.82 Å². The van der Waals surface area contributed by atoms with Gasteiger partial charge in [0.05, 0.1) is 12.0 Å². The molecule has 0 unspecified atom stereocenters. The Hall–Kier alpha value is -2.14. The lowest BCUT2D eigenvalue weighted by molar-refractivity contribution is 0.340. The van der Waals surface area contributed by atoms with Gasteiger partial charge in [-0.1, -0.05) is 12.1 Å². The lowest BCUT2D eigenvalue weighted by Crippen LogP contribution is -2.18. The highest BCUT2D eigenvalue weighted by Crippen LogP contribution is 2.34. The molecule has 0 atom stereocenters. The van der Waals surface area contributed by atoms with Crippen molar-refractivity contribution in [2.45, 2.75) is 27.3 Å². The number of fused-ring (bicyclic) bond motifs is 1. The predicted octanol–water partition coefficient (Wildman–Crippen LogP) is 4.34. The zero-order valence-corrected chi connectivity index (χ0v) is 14.8. The first kappa shape index (κ1) is 15.7. The molecule has 0 spiro atoms. The van der Waals surface area contributed by atoms with Crippen LogP contribution in [0.1, 0.15) is 22.9 Å². The molecule has 1 aromatic carbocycles. The summed E-state index contributed by atoms with van der Waals surface area (Å²) in [6.07, 6.45) is 1.65. The van der Waals surface area contributed by atoms with E-state index in [0.29, 0.717) is 6.61 Å². The monoisotopic (exact) mass is 327 g/mol. The number of anilines is 1. The maximum atomic E-state index is 5.49. The molecule has 23 heavy (non-hydrogen) atoms. The summed E-state index contributed by atoms with van der Waals surface area (Å²) in [4.78, 5) is 13.5. The maximum Gasteiger partial charge on any atom is 0.141 e. The Morgan fingerprint density at radius 1 is 1.13 bits per heavy atom. The molecular weight excluding hydrogens is 306 g/mol. The van der Waals surface area contributed by atoms with Crippen molar-refractivity contribution in [1.29, 1.82) is 0 Å². The quantitative estimate of drug-likeness (QED) is 0.698. The molecule has 5 heteroatoms. The molecule has 0 aliphatic heterocycles. The topological polar surface area (TPSA) is 38.2 Å². The molecule has 3 rings (SSSR count). The Labute approximate surface area is 140 Å². The number of benzene rings is 1. The van der Waals surface area contributed by atoms with Gasteiger partial charge in [0.25, 0.3) is 0 Å². The Balaban J connectivity index is 1.87. The molecule has 0 radical (unpaired) electrons. The van der Waals surface area contributed by atoms with E-state index in [1.807, 2.05) is 19.1 Å². The zero-order chi connectivity index (χ0) is 16.4. The van der Waals surface area contributed by atoms with Crippen LogP contribution < -0.4 is 9.64 Å². The van der Waals surface area contributed by atoms with Gasteiger partial charge in [0.15, 0.2) is 0 Å². The minimum Gasteiger partial charge on any atom is -0.494 e. The van der Waals surface area contributed by atoms with Crippen LogP contribution in [0.25, 0.3) is 10.2 Å². The minimum atomic E-state index is 0.689. The molecule has 2 aromatic heterocycles. The molecule has 0 amide bonds. The Bertz CT molecular complexity index is 811. The van der Waals surface area contributed by atoms with E-state index >= 15 is 0 Å². The average molecular weight is 327 g/mol. The van der Waals surface area contributed by atoms with Gasteiger partial charge in [-0.15, -0.1) is 11.3 Å². The van der Waals surface area contributed by atoms with Crippen molar-refractivity contribution in [2.24, 2.45) is 0 Å². The van der Waals surface area contributed by atoms with Crippen molar-refractivity contribution < 1.29 is 4.74 Å². The highest BCUT2D eigenvalue weighted by atomic mass is 32.1. The minimum absolute atomic E-state index is 0.689. The van der Waals surface area contributed by atoms with Crippen molar-refractivity contribution in [1.82, 2.24) is 9.97 Å². The number of nitrogens with zero attached hydrogens (tertiary/aromatic N) is 3. The van der Waals surface area contributed by atoms with Crippen LogP contribution in [0.5, 0.6) is 5.75 Å². The van der Waals surface area contributed by atoms with Gasteiger partial charge in [-0.25, -0.2) is 9.97 Å². The summed E-state index contributed by atoms with van der Waals surface area (Å²) in [6, 6.07) is 8.24. The summed E-state index contributed by atoms with van der Waals surface area (Å²) >= 11 is 1.73. The van der Waals surface area contributed by atoms with Crippen LogP contribution in [0.2, 0.25) is 0 Å². The van der Waals surface area contributed by atoms with Crippen LogP contribution >= 0.6 is 11.3 Å². The molecule has 0 saturated heterocycles. The largest absolute Gasteiger partial charge is 0.494 e. The summed E-state index contributed by atoms with van der Waals surface area (Å²) in [6.45, 7) is 7.76. The number of aromatic nitrogens is 2. The van der Waals surface area contributed by atoms with Gasteiger partial charge in [0.1, 0.15) is 22.7 Å². The fourth-order valence-electron chi connectivity index (χ4n) is 2.66. The molecule has 0 aliphatic rings. The molecule has 3 aromatic rings. The number of aryl methyl sites for hydroxylation is 2. The number of rotatable bonds is 5. The maximum absolute atomic E-state index is 5.49. The van der Waals surface area contributed by atoms with Gasteiger partial charge >= 0.3 is 0 Å². The van der Waals surface area contributed by atoms with E-state index in [-0.39, 0.29) is 0 Å². The van der Waals surface area contributed by atoms with E-state index in [4.69, 9.17) is 4.74 Å². The Kier molecular flexibility index (Phi) is 4.48. The summed E-state index contributed by atoms with van der Waals surface area (Å²) in [5.74, 6) is 1.90. The number of thiophene rings is 1. The molecule has 0 bridgehead atoms. The molecule has 2 heterocycles. The van der Waals surface area contributed by atoms with Crippen LogP contribution in [0.3, 0.4) is 0 Å². The van der Waals surface area contributed by atoms with E-state index < -0.39 is 0 Å². The molecule has 0 fully saturated rings. The van der Waals surface area contributed by atoms with Crippen LogP contribution in [0, 0.1) is 13.8 Å². The second kappa shape index (κ2) is 6.54. The average Bonchev–Trinajstić information content (AvgIpc) is 2.84.